The molecule has 0 saturated carbocycles. The minimum absolute atomic E-state index is 0.0539. The molecule has 3 rings (SSSR count). The Morgan fingerprint density at radius 3 is 3.00 bits per heavy atom. The minimum Gasteiger partial charge on any atom is -0.350 e. The van der Waals surface area contributed by atoms with Crippen LogP contribution in [-0.4, -0.2) is 42.1 Å². The number of hydrogen-bond acceptors (Lipinski definition) is 6. The maximum atomic E-state index is 13.1. The average Bonchev–Trinajstić information content (AvgIpc) is 3.21. The molecule has 1 aliphatic rings. The molecule has 1 N–H and O–H groups in total. The van der Waals surface area contributed by atoms with Crippen LogP contribution in [0.4, 0.5) is 14.7 Å². The molecule has 2 aromatic rings. The third kappa shape index (κ3) is 4.30. The Morgan fingerprint density at radius 2 is 2.28 bits per heavy atom. The van der Waals surface area contributed by atoms with Gasteiger partial charge < -0.3 is 10.2 Å². The van der Waals surface area contributed by atoms with Crippen LogP contribution in [0.25, 0.3) is 0 Å². The molecule has 0 atom stereocenters. The lowest BCUT2D eigenvalue weighted by Gasteiger charge is -2.15. The van der Waals surface area contributed by atoms with Gasteiger partial charge in [0.05, 0.1) is 6.54 Å². The van der Waals surface area contributed by atoms with Crippen molar-refractivity contribution < 1.29 is 14.0 Å². The van der Waals surface area contributed by atoms with Crippen LogP contribution in [-0.2, 0) is 16.1 Å². The monoisotopic (exact) mass is 363 g/mol. The number of carbonyl (C=O) groups excluding carboxylic acids is 2. The van der Waals surface area contributed by atoms with Gasteiger partial charge in [0, 0.05) is 26.6 Å². The molecule has 1 aromatic heterocycles. The topological polar surface area (TPSA) is 78.4 Å². The number of rotatable bonds is 6. The molecule has 0 spiro atoms. The number of halogens is 1. The van der Waals surface area contributed by atoms with Crippen molar-refractivity contribution in [3.8, 4) is 0 Å². The molecule has 0 radical (unpaired) electrons. The Hall–Kier alpha value is -2.55. The van der Waals surface area contributed by atoms with Gasteiger partial charge in [0.2, 0.25) is 22.1 Å². The number of nitrogens with one attached hydrogen (secondary N) is 1. The van der Waals surface area contributed by atoms with Crippen molar-refractivity contribution in [2.24, 2.45) is 0 Å². The summed E-state index contributed by atoms with van der Waals surface area (Å²) in [4.78, 5) is 27.1. The molecule has 25 heavy (non-hydrogen) atoms. The van der Waals surface area contributed by atoms with Gasteiger partial charge in [-0.3, -0.25) is 14.5 Å². The number of anilines is 2. The van der Waals surface area contributed by atoms with Crippen molar-refractivity contribution in [1.29, 1.82) is 0 Å². The molecule has 1 aromatic carbocycles. The van der Waals surface area contributed by atoms with Gasteiger partial charge in [0.15, 0.2) is 0 Å². The van der Waals surface area contributed by atoms with Crippen LogP contribution in [0, 0.1) is 5.82 Å². The van der Waals surface area contributed by atoms with E-state index in [1.807, 2.05) is 0 Å². The Balaban J connectivity index is 1.53. The highest BCUT2D eigenvalue weighted by molar-refractivity contribution is 7.19. The third-order valence-corrected chi connectivity index (χ3v) is 4.85. The molecule has 1 aliphatic heterocycles. The average molecular weight is 363 g/mol. The van der Waals surface area contributed by atoms with Gasteiger partial charge >= 0.3 is 0 Å². The summed E-state index contributed by atoms with van der Waals surface area (Å²) in [6, 6.07) is 6.09. The second-order valence-electron chi connectivity index (χ2n) is 5.78. The van der Waals surface area contributed by atoms with Crippen LogP contribution >= 0.6 is 11.3 Å². The first-order valence-electron chi connectivity index (χ1n) is 7.89. The first-order valence-corrected chi connectivity index (χ1v) is 8.71. The Kier molecular flexibility index (Phi) is 5.22. The summed E-state index contributed by atoms with van der Waals surface area (Å²) in [6.45, 7) is 1.01. The molecule has 7 nitrogen and oxygen atoms in total. The SMILES string of the molecule is CN(CC(=O)NCc1cccc(F)c1)c1nnc(N2CCCC2=O)s1. The fourth-order valence-corrected chi connectivity index (χ4v) is 3.36. The predicted octanol–water partition coefficient (Wildman–Crippen LogP) is 1.56. The number of hydrogen-bond donors (Lipinski definition) is 1. The van der Waals surface area contributed by atoms with Gasteiger partial charge in [0.25, 0.3) is 0 Å². The zero-order valence-electron chi connectivity index (χ0n) is 13.7. The molecule has 0 aliphatic carbocycles. The van der Waals surface area contributed by atoms with E-state index in [2.05, 4.69) is 15.5 Å². The van der Waals surface area contributed by atoms with Gasteiger partial charge in [0.1, 0.15) is 5.82 Å². The molecule has 1 saturated heterocycles. The number of carbonyl (C=O) groups is 2. The molecule has 0 bridgehead atoms. The highest BCUT2D eigenvalue weighted by Gasteiger charge is 2.25. The molecule has 2 amide bonds. The van der Waals surface area contributed by atoms with Crippen LogP contribution in [0.5, 0.6) is 0 Å². The third-order valence-electron chi connectivity index (χ3n) is 3.79. The van der Waals surface area contributed by atoms with E-state index in [-0.39, 0.29) is 30.7 Å². The largest absolute Gasteiger partial charge is 0.350 e. The van der Waals surface area contributed by atoms with E-state index < -0.39 is 0 Å². The van der Waals surface area contributed by atoms with Crippen molar-refractivity contribution >= 4 is 33.4 Å². The van der Waals surface area contributed by atoms with E-state index in [0.29, 0.717) is 28.8 Å². The summed E-state index contributed by atoms with van der Waals surface area (Å²) in [7, 11) is 1.73. The Morgan fingerprint density at radius 1 is 1.44 bits per heavy atom. The summed E-state index contributed by atoms with van der Waals surface area (Å²) < 4.78 is 13.1. The van der Waals surface area contributed by atoms with Crippen molar-refractivity contribution in [3.05, 3.63) is 35.6 Å². The zero-order valence-corrected chi connectivity index (χ0v) is 14.6. The molecule has 0 unspecified atom stereocenters. The van der Waals surface area contributed by atoms with Crippen LogP contribution < -0.4 is 15.1 Å². The number of likely N-dealkylation sites (N-methyl/N-ethyl adjacent to an activating group) is 1. The highest BCUT2D eigenvalue weighted by atomic mass is 32.1. The van der Waals surface area contributed by atoms with Crippen molar-refractivity contribution in [3.63, 3.8) is 0 Å². The number of aromatic nitrogens is 2. The fourth-order valence-electron chi connectivity index (χ4n) is 2.51. The van der Waals surface area contributed by atoms with Crippen LogP contribution in [0.3, 0.4) is 0 Å². The second kappa shape index (κ2) is 7.56. The maximum absolute atomic E-state index is 13.1. The molecule has 1 fully saturated rings. The first-order chi connectivity index (χ1) is 12.0. The first kappa shape index (κ1) is 17.3. The summed E-state index contributed by atoms with van der Waals surface area (Å²) in [6.07, 6.45) is 1.36. The molecular formula is C16H18FN5O2S. The predicted molar refractivity (Wildman–Crippen MR) is 93.0 cm³/mol. The zero-order chi connectivity index (χ0) is 17.8. The van der Waals surface area contributed by atoms with Gasteiger partial charge in [-0.15, -0.1) is 10.2 Å². The summed E-state index contributed by atoms with van der Waals surface area (Å²) in [5.41, 5.74) is 0.696. The number of benzene rings is 1. The molecule has 132 valence electrons. The van der Waals surface area contributed by atoms with Gasteiger partial charge in [-0.2, -0.15) is 0 Å². The Bertz CT molecular complexity index is 781. The van der Waals surface area contributed by atoms with E-state index >= 15 is 0 Å². The van der Waals surface area contributed by atoms with E-state index in [1.165, 1.54) is 23.5 Å². The van der Waals surface area contributed by atoms with E-state index in [0.717, 1.165) is 6.42 Å². The standard InChI is InChI=1S/C16H18FN5O2S/c1-21(10-13(23)18-9-11-4-2-5-12(17)8-11)15-19-20-16(25-15)22-7-3-6-14(22)24/h2,4-5,8H,3,6-7,9-10H2,1H3,(H,18,23). The van der Waals surface area contributed by atoms with Gasteiger partial charge in [-0.05, 0) is 24.1 Å². The van der Waals surface area contributed by atoms with Crippen LogP contribution in [0.1, 0.15) is 18.4 Å². The van der Waals surface area contributed by atoms with E-state index in [4.69, 9.17) is 0 Å². The summed E-state index contributed by atoms with van der Waals surface area (Å²) in [5.74, 6) is -0.485. The molecular weight excluding hydrogens is 345 g/mol. The van der Waals surface area contributed by atoms with E-state index in [1.54, 1.807) is 29.0 Å². The highest BCUT2D eigenvalue weighted by Crippen LogP contribution is 2.29. The summed E-state index contributed by atoms with van der Waals surface area (Å²) in [5, 5.41) is 12.0. The number of amides is 2. The molecule has 9 heteroatoms. The lowest BCUT2D eigenvalue weighted by molar-refractivity contribution is -0.120. The second-order valence-corrected chi connectivity index (χ2v) is 6.71. The molecule has 2 heterocycles. The van der Waals surface area contributed by atoms with Gasteiger partial charge in [-0.25, -0.2) is 4.39 Å². The van der Waals surface area contributed by atoms with Crippen LogP contribution in [0.15, 0.2) is 24.3 Å². The number of nitrogens with zero attached hydrogens (tertiary/aromatic N) is 4. The van der Waals surface area contributed by atoms with Crippen molar-refractivity contribution in [2.75, 3.05) is 29.9 Å². The van der Waals surface area contributed by atoms with Crippen molar-refractivity contribution in [1.82, 2.24) is 15.5 Å². The smallest absolute Gasteiger partial charge is 0.239 e. The maximum Gasteiger partial charge on any atom is 0.239 e. The summed E-state index contributed by atoms with van der Waals surface area (Å²) >= 11 is 1.28. The Labute approximate surface area is 148 Å². The normalized spacial score (nSPS) is 14.0. The fraction of sp³-hybridized carbons (Fsp3) is 0.375. The lowest BCUT2D eigenvalue weighted by Crippen LogP contribution is -2.34. The lowest BCUT2D eigenvalue weighted by atomic mass is 10.2. The van der Waals surface area contributed by atoms with Gasteiger partial charge in [-0.1, -0.05) is 23.5 Å². The van der Waals surface area contributed by atoms with Crippen molar-refractivity contribution in [2.45, 2.75) is 19.4 Å². The van der Waals surface area contributed by atoms with Crippen LogP contribution in [0.2, 0.25) is 0 Å². The quantitative estimate of drug-likeness (QED) is 0.843. The minimum atomic E-state index is -0.332. The van der Waals surface area contributed by atoms with E-state index in [9.17, 15) is 14.0 Å².